The molecule has 1 amide bonds. The van der Waals surface area contributed by atoms with Crippen molar-refractivity contribution < 1.29 is 13.6 Å². The molecule has 1 N–H and O–H groups in total. The van der Waals surface area contributed by atoms with E-state index in [0.29, 0.717) is 9.71 Å². The second kappa shape index (κ2) is 5.61. The molecule has 118 valence electrons. The maximum Gasteiger partial charge on any atom is 0.265 e. The van der Waals surface area contributed by atoms with Crippen LogP contribution >= 0.6 is 11.3 Å². The van der Waals surface area contributed by atoms with Gasteiger partial charge in [0.25, 0.3) is 5.91 Å². The third kappa shape index (κ3) is 2.59. The highest BCUT2D eigenvalue weighted by atomic mass is 32.1. The van der Waals surface area contributed by atoms with Gasteiger partial charge in [-0.15, -0.1) is 11.3 Å². The number of carbonyl (C=O) groups is 1. The Morgan fingerprint density at radius 1 is 1.08 bits per heavy atom. The van der Waals surface area contributed by atoms with Crippen LogP contribution < -0.4 is 5.32 Å². The van der Waals surface area contributed by atoms with Gasteiger partial charge in [-0.3, -0.25) is 9.78 Å². The summed E-state index contributed by atoms with van der Waals surface area (Å²) in [4.78, 5) is 22.0. The average Bonchev–Trinajstić information content (AvgIpc) is 2.98. The number of rotatable bonds is 2. The van der Waals surface area contributed by atoms with Gasteiger partial charge in [0.15, 0.2) is 0 Å². The topological polar surface area (TPSA) is 54.9 Å². The number of carbonyl (C=O) groups excluding carboxylic acids is 1. The standard InChI is InChI=1S/C17H9F2N3OS/c18-11-1-2-14(12(19)7-11)21-16(23)15-6-9-5-10-8-20-4-3-13(10)22-17(9)24-15/h1-8H,(H,21,23). The number of nitrogens with zero attached hydrogens (tertiary/aromatic N) is 2. The van der Waals surface area contributed by atoms with Crippen LogP contribution in [0.1, 0.15) is 9.67 Å². The Morgan fingerprint density at radius 2 is 1.96 bits per heavy atom. The minimum Gasteiger partial charge on any atom is -0.319 e. The van der Waals surface area contributed by atoms with Crippen LogP contribution in [-0.2, 0) is 0 Å². The summed E-state index contributed by atoms with van der Waals surface area (Å²) in [5.74, 6) is -1.98. The van der Waals surface area contributed by atoms with E-state index in [9.17, 15) is 13.6 Å². The SMILES string of the molecule is O=C(Nc1ccc(F)cc1F)c1cc2cc3cnccc3nc2s1. The molecule has 24 heavy (non-hydrogen) atoms. The third-order valence-corrected chi connectivity index (χ3v) is 4.55. The van der Waals surface area contributed by atoms with Gasteiger partial charge in [0, 0.05) is 29.2 Å². The molecule has 4 nitrogen and oxygen atoms in total. The van der Waals surface area contributed by atoms with Crippen molar-refractivity contribution in [2.45, 2.75) is 0 Å². The van der Waals surface area contributed by atoms with E-state index in [4.69, 9.17) is 0 Å². The Balaban J connectivity index is 1.70. The maximum absolute atomic E-state index is 13.6. The van der Waals surface area contributed by atoms with Crippen molar-refractivity contribution in [1.29, 1.82) is 0 Å². The van der Waals surface area contributed by atoms with E-state index in [2.05, 4.69) is 15.3 Å². The molecular weight excluding hydrogens is 332 g/mol. The summed E-state index contributed by atoms with van der Waals surface area (Å²) >= 11 is 1.21. The fraction of sp³-hybridized carbons (Fsp3) is 0. The molecule has 0 fully saturated rings. The number of hydrogen-bond donors (Lipinski definition) is 1. The smallest absolute Gasteiger partial charge is 0.265 e. The summed E-state index contributed by atoms with van der Waals surface area (Å²) in [7, 11) is 0. The van der Waals surface area contributed by atoms with Crippen LogP contribution in [0.25, 0.3) is 21.1 Å². The molecule has 0 saturated carbocycles. The zero-order valence-electron chi connectivity index (χ0n) is 12.1. The number of anilines is 1. The number of aromatic nitrogens is 2. The minimum atomic E-state index is -0.820. The number of thiophene rings is 1. The van der Waals surface area contributed by atoms with Crippen LogP contribution in [0.5, 0.6) is 0 Å². The van der Waals surface area contributed by atoms with E-state index in [1.807, 2.05) is 6.07 Å². The number of benzene rings is 1. The van der Waals surface area contributed by atoms with Gasteiger partial charge in [-0.25, -0.2) is 13.8 Å². The van der Waals surface area contributed by atoms with Gasteiger partial charge in [0.05, 0.1) is 16.1 Å². The van der Waals surface area contributed by atoms with Gasteiger partial charge in [-0.1, -0.05) is 0 Å². The minimum absolute atomic E-state index is 0.0684. The van der Waals surface area contributed by atoms with Gasteiger partial charge < -0.3 is 5.32 Å². The highest BCUT2D eigenvalue weighted by Crippen LogP contribution is 2.28. The summed E-state index contributed by atoms with van der Waals surface area (Å²) < 4.78 is 26.6. The largest absolute Gasteiger partial charge is 0.319 e. The second-order valence-corrected chi connectivity index (χ2v) is 6.17. The van der Waals surface area contributed by atoms with Crippen molar-refractivity contribution in [2.24, 2.45) is 0 Å². The van der Waals surface area contributed by atoms with Crippen molar-refractivity contribution >= 4 is 44.1 Å². The fourth-order valence-corrected chi connectivity index (χ4v) is 3.28. The highest BCUT2D eigenvalue weighted by Gasteiger charge is 2.14. The van der Waals surface area contributed by atoms with Crippen LogP contribution in [0.4, 0.5) is 14.5 Å². The summed E-state index contributed by atoms with van der Waals surface area (Å²) in [5.41, 5.74) is 0.720. The van der Waals surface area contributed by atoms with Gasteiger partial charge in [-0.05, 0) is 30.3 Å². The van der Waals surface area contributed by atoms with E-state index >= 15 is 0 Å². The third-order valence-electron chi connectivity index (χ3n) is 3.50. The molecule has 0 aliphatic rings. The first-order chi connectivity index (χ1) is 11.6. The van der Waals surface area contributed by atoms with E-state index < -0.39 is 17.5 Å². The second-order valence-electron chi connectivity index (χ2n) is 5.14. The summed E-state index contributed by atoms with van der Waals surface area (Å²) in [6.45, 7) is 0. The molecule has 0 aliphatic carbocycles. The highest BCUT2D eigenvalue weighted by molar-refractivity contribution is 7.20. The normalized spacial score (nSPS) is 11.1. The molecule has 0 unspecified atom stereocenters. The predicted octanol–water partition coefficient (Wildman–Crippen LogP) is 4.38. The van der Waals surface area contributed by atoms with Crippen molar-refractivity contribution in [3.63, 3.8) is 0 Å². The molecule has 7 heteroatoms. The zero-order valence-corrected chi connectivity index (χ0v) is 12.9. The number of hydrogen-bond acceptors (Lipinski definition) is 4. The maximum atomic E-state index is 13.6. The average molecular weight is 341 g/mol. The first kappa shape index (κ1) is 14.6. The van der Waals surface area contributed by atoms with E-state index in [-0.39, 0.29) is 5.69 Å². The van der Waals surface area contributed by atoms with Crippen molar-refractivity contribution in [3.05, 3.63) is 65.3 Å². The molecule has 0 radical (unpaired) electrons. The summed E-state index contributed by atoms with van der Waals surface area (Å²) in [6.07, 6.45) is 3.35. The van der Waals surface area contributed by atoms with Crippen LogP contribution in [0.3, 0.4) is 0 Å². The molecule has 3 aromatic heterocycles. The van der Waals surface area contributed by atoms with E-state index in [1.54, 1.807) is 24.5 Å². The summed E-state index contributed by atoms with van der Waals surface area (Å²) in [5, 5.41) is 4.13. The number of halogens is 2. The lowest BCUT2D eigenvalue weighted by atomic mass is 10.2. The van der Waals surface area contributed by atoms with Gasteiger partial charge in [-0.2, -0.15) is 0 Å². The van der Waals surface area contributed by atoms with Crippen LogP contribution in [0.2, 0.25) is 0 Å². The zero-order chi connectivity index (χ0) is 16.7. The molecule has 4 rings (SSSR count). The Labute approximate surface area is 138 Å². The number of pyridine rings is 2. The molecule has 0 atom stereocenters. The van der Waals surface area contributed by atoms with E-state index in [1.165, 1.54) is 17.4 Å². The lowest BCUT2D eigenvalue weighted by Crippen LogP contribution is -2.11. The Morgan fingerprint density at radius 3 is 2.79 bits per heavy atom. The van der Waals surface area contributed by atoms with Crippen molar-refractivity contribution in [1.82, 2.24) is 9.97 Å². The molecule has 0 spiro atoms. The summed E-state index contributed by atoms with van der Waals surface area (Å²) in [6, 6.07) is 8.38. The van der Waals surface area contributed by atoms with Gasteiger partial charge >= 0.3 is 0 Å². The Bertz CT molecular complexity index is 1040. The van der Waals surface area contributed by atoms with Crippen molar-refractivity contribution in [3.8, 4) is 0 Å². The molecule has 0 saturated heterocycles. The van der Waals surface area contributed by atoms with Crippen molar-refractivity contribution in [2.75, 3.05) is 5.32 Å². The first-order valence-corrected chi connectivity index (χ1v) is 7.82. The quantitative estimate of drug-likeness (QED) is 0.589. The Kier molecular flexibility index (Phi) is 3.42. The molecule has 3 heterocycles. The molecular formula is C17H9F2N3OS. The predicted molar refractivity (Wildman–Crippen MR) is 89.2 cm³/mol. The number of nitrogens with one attached hydrogen (secondary N) is 1. The first-order valence-electron chi connectivity index (χ1n) is 7.01. The van der Waals surface area contributed by atoms with E-state index in [0.717, 1.165) is 28.4 Å². The van der Waals surface area contributed by atoms with Gasteiger partial charge in [0.2, 0.25) is 0 Å². The monoisotopic (exact) mass is 341 g/mol. The molecule has 0 aliphatic heterocycles. The van der Waals surface area contributed by atoms with Crippen LogP contribution in [0.15, 0.2) is 48.8 Å². The number of amides is 1. The molecule has 0 bridgehead atoms. The molecule has 4 aromatic rings. The van der Waals surface area contributed by atoms with Crippen LogP contribution in [0, 0.1) is 11.6 Å². The van der Waals surface area contributed by atoms with Gasteiger partial charge in [0.1, 0.15) is 16.5 Å². The Hall–Kier alpha value is -2.93. The molecule has 1 aromatic carbocycles. The van der Waals surface area contributed by atoms with Crippen LogP contribution in [-0.4, -0.2) is 15.9 Å². The lowest BCUT2D eigenvalue weighted by molar-refractivity contribution is 0.103. The fourth-order valence-electron chi connectivity index (χ4n) is 2.36. The number of fused-ring (bicyclic) bond motifs is 2. The lowest BCUT2D eigenvalue weighted by Gasteiger charge is -2.04.